The molecule has 3 unspecified atom stereocenters. The molecule has 0 heterocycles. The maximum absolute atomic E-state index is 5.99. The van der Waals surface area contributed by atoms with Crippen LogP contribution in [0.1, 0.15) is 20.3 Å². The fraction of sp³-hybridized carbons (Fsp3) is 0.600. The van der Waals surface area contributed by atoms with Gasteiger partial charge >= 0.3 is 0 Å². The van der Waals surface area contributed by atoms with Crippen molar-refractivity contribution >= 4 is 46.4 Å². The van der Waals surface area contributed by atoms with Crippen LogP contribution in [0.2, 0.25) is 0 Å². The summed E-state index contributed by atoms with van der Waals surface area (Å²) in [5.41, 5.74) is 0. The molecule has 0 rings (SSSR count). The summed E-state index contributed by atoms with van der Waals surface area (Å²) in [4.78, 5) is 0. The Hall–Kier alpha value is 0.640. The van der Waals surface area contributed by atoms with Gasteiger partial charge < -0.3 is 0 Å². The number of hydrogen-bond donors (Lipinski definition) is 0. The zero-order valence-corrected chi connectivity index (χ0v) is 11.2. The number of halogens is 4. The van der Waals surface area contributed by atoms with Crippen LogP contribution in [0.5, 0.6) is 0 Å². The molecular weight excluding hydrogens is 262 g/mol. The molecule has 0 aliphatic heterocycles. The molecule has 0 aliphatic rings. The van der Waals surface area contributed by atoms with Crippen LogP contribution in [0.4, 0.5) is 0 Å². The van der Waals surface area contributed by atoms with Crippen LogP contribution < -0.4 is 0 Å². The molecule has 3 atom stereocenters. The summed E-state index contributed by atoms with van der Waals surface area (Å²) in [7, 11) is 0. The fourth-order valence-corrected chi connectivity index (χ4v) is 1.83. The standard InChI is InChI=1S/C10H14Cl4/c1-7(11)3-4-9(13)6-10(14)5-8(2)12/h3-5,7-9H,6H2,1-2H3. The SMILES string of the molecule is CC(Cl)C=CC(Cl)CC(Cl)=CC(C)Cl. The van der Waals surface area contributed by atoms with Gasteiger partial charge in [0, 0.05) is 16.8 Å². The Morgan fingerprint density at radius 2 is 1.64 bits per heavy atom. The zero-order valence-electron chi connectivity index (χ0n) is 8.18. The molecule has 4 heteroatoms. The molecule has 0 aliphatic carbocycles. The Labute approximate surface area is 106 Å². The number of alkyl halides is 3. The molecule has 0 saturated carbocycles. The van der Waals surface area contributed by atoms with Crippen molar-refractivity contribution in [1.82, 2.24) is 0 Å². The summed E-state index contributed by atoms with van der Waals surface area (Å²) < 4.78 is 0. The summed E-state index contributed by atoms with van der Waals surface area (Å²) in [6.45, 7) is 3.73. The number of rotatable bonds is 5. The minimum Gasteiger partial charge on any atom is -0.119 e. The summed E-state index contributed by atoms with van der Waals surface area (Å²) in [5.74, 6) is 0. The lowest BCUT2D eigenvalue weighted by Gasteiger charge is -2.04. The van der Waals surface area contributed by atoms with Crippen LogP contribution in [0.3, 0.4) is 0 Å². The summed E-state index contributed by atoms with van der Waals surface area (Å²) in [6.07, 6.45) is 6.04. The molecule has 0 aromatic heterocycles. The molecular formula is C10H14Cl4. The van der Waals surface area contributed by atoms with Crippen LogP contribution in [-0.2, 0) is 0 Å². The zero-order chi connectivity index (χ0) is 11.1. The van der Waals surface area contributed by atoms with E-state index in [2.05, 4.69) is 0 Å². The first-order valence-electron chi connectivity index (χ1n) is 4.38. The van der Waals surface area contributed by atoms with E-state index in [1.54, 1.807) is 6.08 Å². The lowest BCUT2D eigenvalue weighted by molar-refractivity contribution is 1.02. The summed E-state index contributed by atoms with van der Waals surface area (Å²) in [6, 6.07) is 0. The van der Waals surface area contributed by atoms with Crippen LogP contribution >= 0.6 is 46.4 Å². The van der Waals surface area contributed by atoms with Gasteiger partial charge in [-0.15, -0.1) is 34.8 Å². The molecule has 0 nitrogen and oxygen atoms in total. The third-order valence-corrected chi connectivity index (χ3v) is 2.24. The van der Waals surface area contributed by atoms with Gasteiger partial charge in [0.15, 0.2) is 0 Å². The predicted molar refractivity (Wildman–Crippen MR) is 68.0 cm³/mol. The first-order valence-corrected chi connectivity index (χ1v) is 6.07. The first kappa shape index (κ1) is 14.6. The van der Waals surface area contributed by atoms with Gasteiger partial charge in [0.05, 0.1) is 10.8 Å². The van der Waals surface area contributed by atoms with Crippen LogP contribution in [-0.4, -0.2) is 16.1 Å². The lowest BCUT2D eigenvalue weighted by Crippen LogP contribution is -1.96. The van der Waals surface area contributed by atoms with E-state index in [9.17, 15) is 0 Å². The van der Waals surface area contributed by atoms with Gasteiger partial charge in [-0.2, -0.15) is 0 Å². The number of allylic oxidation sites excluding steroid dienone is 4. The highest BCUT2D eigenvalue weighted by Gasteiger charge is 2.04. The highest BCUT2D eigenvalue weighted by molar-refractivity contribution is 6.32. The van der Waals surface area contributed by atoms with E-state index in [0.29, 0.717) is 11.5 Å². The van der Waals surface area contributed by atoms with Crippen LogP contribution in [0.25, 0.3) is 0 Å². The molecule has 0 aromatic rings. The maximum Gasteiger partial charge on any atom is 0.0565 e. The van der Waals surface area contributed by atoms with Crippen molar-refractivity contribution in [2.75, 3.05) is 0 Å². The predicted octanol–water partition coefficient (Wildman–Crippen LogP) is 4.92. The van der Waals surface area contributed by atoms with Gasteiger partial charge in [0.1, 0.15) is 0 Å². The Morgan fingerprint density at radius 3 is 2.07 bits per heavy atom. The second-order valence-corrected chi connectivity index (χ2v) is 5.50. The highest BCUT2D eigenvalue weighted by Crippen LogP contribution is 2.18. The third kappa shape index (κ3) is 9.21. The average Bonchev–Trinajstić information content (AvgIpc) is 1.98. The van der Waals surface area contributed by atoms with Gasteiger partial charge in [-0.05, 0) is 13.8 Å². The first-order chi connectivity index (χ1) is 6.41. The molecule has 0 fully saturated rings. The van der Waals surface area contributed by atoms with Crippen molar-refractivity contribution < 1.29 is 0 Å². The van der Waals surface area contributed by atoms with E-state index in [-0.39, 0.29) is 16.1 Å². The van der Waals surface area contributed by atoms with Gasteiger partial charge in [0.2, 0.25) is 0 Å². The Kier molecular flexibility index (Phi) is 8.23. The van der Waals surface area contributed by atoms with E-state index in [1.807, 2.05) is 26.0 Å². The van der Waals surface area contributed by atoms with E-state index in [0.717, 1.165) is 0 Å². The second-order valence-electron chi connectivity index (χ2n) is 3.07. The van der Waals surface area contributed by atoms with Crippen molar-refractivity contribution in [1.29, 1.82) is 0 Å². The van der Waals surface area contributed by atoms with Gasteiger partial charge in [-0.3, -0.25) is 0 Å². The van der Waals surface area contributed by atoms with Gasteiger partial charge in [0.25, 0.3) is 0 Å². The monoisotopic (exact) mass is 274 g/mol. The van der Waals surface area contributed by atoms with E-state index in [1.165, 1.54) is 0 Å². The molecule has 0 saturated heterocycles. The van der Waals surface area contributed by atoms with Crippen LogP contribution in [0.15, 0.2) is 23.3 Å². The highest BCUT2D eigenvalue weighted by atomic mass is 35.5. The minimum absolute atomic E-state index is 0.00837. The Balaban J connectivity index is 4.00. The van der Waals surface area contributed by atoms with Gasteiger partial charge in [-0.1, -0.05) is 29.8 Å². The quantitative estimate of drug-likeness (QED) is 0.494. The van der Waals surface area contributed by atoms with Crippen molar-refractivity contribution in [3.05, 3.63) is 23.3 Å². The Morgan fingerprint density at radius 1 is 1.07 bits per heavy atom. The normalized spacial score (nSPS) is 19.7. The molecule has 0 N–H and O–H groups in total. The van der Waals surface area contributed by atoms with Crippen molar-refractivity contribution in [2.45, 2.75) is 36.4 Å². The number of hydrogen-bond acceptors (Lipinski definition) is 0. The minimum atomic E-state index is -0.129. The maximum atomic E-state index is 5.99. The fourth-order valence-electron chi connectivity index (χ4n) is 0.845. The van der Waals surface area contributed by atoms with Gasteiger partial charge in [-0.25, -0.2) is 0 Å². The van der Waals surface area contributed by atoms with E-state index >= 15 is 0 Å². The van der Waals surface area contributed by atoms with Crippen molar-refractivity contribution in [3.8, 4) is 0 Å². The third-order valence-electron chi connectivity index (χ3n) is 1.39. The average molecular weight is 276 g/mol. The van der Waals surface area contributed by atoms with E-state index < -0.39 is 0 Å². The molecule has 0 radical (unpaired) electrons. The summed E-state index contributed by atoms with van der Waals surface area (Å²) in [5, 5.41) is 0.475. The smallest absolute Gasteiger partial charge is 0.0565 e. The molecule has 0 spiro atoms. The largest absolute Gasteiger partial charge is 0.119 e. The van der Waals surface area contributed by atoms with Crippen LogP contribution in [0, 0.1) is 0 Å². The molecule has 0 amide bonds. The van der Waals surface area contributed by atoms with Crippen molar-refractivity contribution in [3.63, 3.8) is 0 Å². The second kappa shape index (κ2) is 7.87. The lowest BCUT2D eigenvalue weighted by atomic mass is 10.2. The molecule has 82 valence electrons. The molecule has 0 aromatic carbocycles. The molecule has 0 bridgehead atoms. The Bertz CT molecular complexity index is 206. The van der Waals surface area contributed by atoms with Crippen molar-refractivity contribution in [2.24, 2.45) is 0 Å². The molecule has 14 heavy (non-hydrogen) atoms. The van der Waals surface area contributed by atoms with E-state index in [4.69, 9.17) is 46.4 Å². The topological polar surface area (TPSA) is 0 Å². The summed E-state index contributed by atoms with van der Waals surface area (Å²) >= 11 is 23.4.